The maximum absolute atomic E-state index is 10.8. The van der Waals surface area contributed by atoms with Crippen LogP contribution in [-0.2, 0) is 11.3 Å². The first kappa shape index (κ1) is 12.1. The van der Waals surface area contributed by atoms with Crippen LogP contribution in [0.15, 0.2) is 0 Å². The Kier molecular flexibility index (Phi) is 6.61. The third-order valence-corrected chi connectivity index (χ3v) is 2.32. The van der Waals surface area contributed by atoms with Crippen LogP contribution in [0, 0.1) is 5.92 Å². The lowest BCUT2D eigenvalue weighted by Gasteiger charge is -2.18. The van der Waals surface area contributed by atoms with E-state index in [1.54, 1.807) is 4.31 Å². The Morgan fingerprint density at radius 2 is 2.08 bits per heavy atom. The summed E-state index contributed by atoms with van der Waals surface area (Å²) in [6, 6.07) is 0. The molecule has 3 nitrogen and oxygen atoms in total. The lowest BCUT2D eigenvalue weighted by Crippen LogP contribution is -2.30. The van der Waals surface area contributed by atoms with E-state index in [9.17, 15) is 4.21 Å². The summed E-state index contributed by atoms with van der Waals surface area (Å²) in [5.41, 5.74) is 0. The van der Waals surface area contributed by atoms with Crippen molar-refractivity contribution in [2.45, 2.75) is 33.6 Å². The lowest BCUT2D eigenvalue weighted by atomic mass is 10.2. The highest BCUT2D eigenvalue weighted by Gasteiger charge is 2.11. The molecule has 0 aliphatic carbocycles. The van der Waals surface area contributed by atoms with E-state index in [0.717, 1.165) is 19.4 Å². The van der Waals surface area contributed by atoms with Gasteiger partial charge in [-0.2, -0.15) is 0 Å². The quantitative estimate of drug-likeness (QED) is 0.654. The van der Waals surface area contributed by atoms with Crippen LogP contribution < -0.4 is 0 Å². The molecule has 74 valence electrons. The van der Waals surface area contributed by atoms with E-state index < -0.39 is 11.3 Å². The zero-order chi connectivity index (χ0) is 9.56. The second-order valence-electron chi connectivity index (χ2n) is 3.37. The monoisotopic (exact) mass is 193 g/mol. The predicted molar refractivity (Wildman–Crippen MR) is 52.1 cm³/mol. The highest BCUT2D eigenvalue weighted by atomic mass is 32.2. The number of hydrogen-bond donors (Lipinski definition) is 1. The van der Waals surface area contributed by atoms with Gasteiger partial charge in [0.25, 0.3) is 0 Å². The van der Waals surface area contributed by atoms with Gasteiger partial charge in [-0.1, -0.05) is 27.2 Å². The second-order valence-corrected chi connectivity index (χ2v) is 4.34. The SMILES string of the molecule is CCCCN(CC(C)C)S(=O)O. The molecule has 0 saturated heterocycles. The van der Waals surface area contributed by atoms with Crippen molar-refractivity contribution in [3.8, 4) is 0 Å². The van der Waals surface area contributed by atoms with Gasteiger partial charge in [-0.15, -0.1) is 0 Å². The van der Waals surface area contributed by atoms with Gasteiger partial charge in [0.15, 0.2) is 0 Å². The summed E-state index contributed by atoms with van der Waals surface area (Å²) in [6.07, 6.45) is 2.05. The van der Waals surface area contributed by atoms with Gasteiger partial charge in [0.1, 0.15) is 0 Å². The van der Waals surface area contributed by atoms with Crippen LogP contribution in [0.3, 0.4) is 0 Å². The number of hydrogen-bond acceptors (Lipinski definition) is 1. The molecule has 12 heavy (non-hydrogen) atoms. The molecule has 0 aromatic rings. The van der Waals surface area contributed by atoms with Crippen molar-refractivity contribution >= 4 is 11.3 Å². The largest absolute Gasteiger partial charge is 0.294 e. The van der Waals surface area contributed by atoms with Crippen molar-refractivity contribution in [1.82, 2.24) is 4.31 Å². The second kappa shape index (κ2) is 6.57. The van der Waals surface area contributed by atoms with Crippen LogP contribution in [0.5, 0.6) is 0 Å². The fraction of sp³-hybridized carbons (Fsp3) is 1.00. The Balaban J connectivity index is 3.78. The van der Waals surface area contributed by atoms with Gasteiger partial charge in [0.2, 0.25) is 11.3 Å². The highest BCUT2D eigenvalue weighted by Crippen LogP contribution is 2.02. The molecule has 0 radical (unpaired) electrons. The van der Waals surface area contributed by atoms with E-state index in [1.807, 2.05) is 13.8 Å². The van der Waals surface area contributed by atoms with E-state index in [4.69, 9.17) is 4.55 Å². The number of unbranched alkanes of at least 4 members (excludes halogenated alkanes) is 1. The van der Waals surface area contributed by atoms with E-state index in [1.165, 1.54) is 0 Å². The van der Waals surface area contributed by atoms with Gasteiger partial charge < -0.3 is 0 Å². The van der Waals surface area contributed by atoms with Crippen molar-refractivity contribution in [1.29, 1.82) is 0 Å². The average Bonchev–Trinajstić information content (AvgIpc) is 1.96. The fourth-order valence-corrected chi connectivity index (χ4v) is 1.69. The van der Waals surface area contributed by atoms with Crippen LogP contribution >= 0.6 is 0 Å². The molecule has 4 heteroatoms. The van der Waals surface area contributed by atoms with Crippen LogP contribution in [0.4, 0.5) is 0 Å². The van der Waals surface area contributed by atoms with Gasteiger partial charge in [0, 0.05) is 13.1 Å². The summed E-state index contributed by atoms with van der Waals surface area (Å²) < 4.78 is 21.3. The van der Waals surface area contributed by atoms with Crippen LogP contribution in [0.25, 0.3) is 0 Å². The molecule has 1 unspecified atom stereocenters. The average molecular weight is 193 g/mol. The Bertz CT molecular complexity index is 139. The minimum absolute atomic E-state index is 0.443. The third-order valence-electron chi connectivity index (χ3n) is 1.55. The van der Waals surface area contributed by atoms with E-state index in [-0.39, 0.29) is 0 Å². The lowest BCUT2D eigenvalue weighted by molar-refractivity contribution is 0.352. The zero-order valence-electron chi connectivity index (χ0n) is 8.12. The van der Waals surface area contributed by atoms with E-state index >= 15 is 0 Å². The molecule has 0 heterocycles. The minimum atomic E-state index is -1.79. The Hall–Kier alpha value is 0.0700. The highest BCUT2D eigenvalue weighted by molar-refractivity contribution is 7.76. The molecule has 0 spiro atoms. The molecule has 0 saturated carbocycles. The summed E-state index contributed by atoms with van der Waals surface area (Å²) in [4.78, 5) is 0. The summed E-state index contributed by atoms with van der Waals surface area (Å²) in [5, 5.41) is 0. The molecule has 0 aliphatic rings. The number of nitrogens with zero attached hydrogens (tertiary/aromatic N) is 1. The first-order valence-electron chi connectivity index (χ1n) is 4.43. The van der Waals surface area contributed by atoms with Gasteiger partial charge in [-0.25, -0.2) is 8.51 Å². The van der Waals surface area contributed by atoms with Crippen molar-refractivity contribution in [3.63, 3.8) is 0 Å². The standard InChI is InChI=1S/C8H19NO2S/c1-4-5-6-9(12(10)11)7-8(2)3/h8H,4-7H2,1-3H3,(H,10,11). The Labute approximate surface area is 77.6 Å². The zero-order valence-corrected chi connectivity index (χ0v) is 8.93. The summed E-state index contributed by atoms with van der Waals surface area (Å²) in [6.45, 7) is 7.59. The van der Waals surface area contributed by atoms with Crippen LogP contribution in [-0.4, -0.2) is 26.2 Å². The maximum Gasteiger partial charge on any atom is 0.234 e. The van der Waals surface area contributed by atoms with Crippen molar-refractivity contribution in [2.75, 3.05) is 13.1 Å². The number of rotatable bonds is 6. The molecule has 0 aromatic carbocycles. The molecule has 0 aliphatic heterocycles. The van der Waals surface area contributed by atoms with Crippen LogP contribution in [0.2, 0.25) is 0 Å². The van der Waals surface area contributed by atoms with Gasteiger partial charge in [-0.05, 0) is 12.3 Å². The van der Waals surface area contributed by atoms with Crippen molar-refractivity contribution < 1.29 is 8.76 Å². The molecule has 1 N–H and O–H groups in total. The van der Waals surface area contributed by atoms with Gasteiger partial charge >= 0.3 is 0 Å². The smallest absolute Gasteiger partial charge is 0.234 e. The first-order chi connectivity index (χ1) is 5.57. The molecule has 0 bridgehead atoms. The van der Waals surface area contributed by atoms with E-state index in [2.05, 4.69) is 6.92 Å². The van der Waals surface area contributed by atoms with Gasteiger partial charge in [-0.3, -0.25) is 4.55 Å². The Morgan fingerprint density at radius 1 is 1.50 bits per heavy atom. The topological polar surface area (TPSA) is 40.5 Å². The summed E-state index contributed by atoms with van der Waals surface area (Å²) >= 11 is -1.79. The van der Waals surface area contributed by atoms with Gasteiger partial charge in [0.05, 0.1) is 0 Å². The predicted octanol–water partition coefficient (Wildman–Crippen LogP) is 1.88. The summed E-state index contributed by atoms with van der Waals surface area (Å²) in [7, 11) is 0. The normalized spacial score (nSPS) is 14.2. The molecule has 0 amide bonds. The molecule has 0 fully saturated rings. The first-order valence-corrected chi connectivity index (χ1v) is 5.50. The molecular formula is C8H19NO2S. The molecule has 0 aromatic heterocycles. The van der Waals surface area contributed by atoms with Crippen molar-refractivity contribution in [3.05, 3.63) is 0 Å². The molecule has 0 rings (SSSR count). The molecule has 1 atom stereocenters. The van der Waals surface area contributed by atoms with Crippen LogP contribution in [0.1, 0.15) is 33.6 Å². The third kappa shape index (κ3) is 5.69. The minimum Gasteiger partial charge on any atom is -0.294 e. The maximum atomic E-state index is 10.8. The molecular weight excluding hydrogens is 174 g/mol. The fourth-order valence-electron chi connectivity index (χ4n) is 0.975. The van der Waals surface area contributed by atoms with Crippen molar-refractivity contribution in [2.24, 2.45) is 5.92 Å². The Morgan fingerprint density at radius 3 is 2.42 bits per heavy atom. The van der Waals surface area contributed by atoms with E-state index in [0.29, 0.717) is 12.5 Å². The summed E-state index contributed by atoms with van der Waals surface area (Å²) in [5.74, 6) is 0.443.